The zero-order valence-electron chi connectivity index (χ0n) is 20.3. The maximum absolute atomic E-state index is 12.4. The van der Waals surface area contributed by atoms with Crippen molar-refractivity contribution < 1.29 is 13.9 Å². The lowest BCUT2D eigenvalue weighted by Crippen LogP contribution is -2.55. The normalized spacial score (nSPS) is 13.4. The number of ether oxygens (including phenoxy) is 1. The number of benzene rings is 2. The molecule has 36 heavy (non-hydrogen) atoms. The fraction of sp³-hybridized carbons (Fsp3) is 0.269. The molecule has 1 aliphatic rings. The van der Waals surface area contributed by atoms with E-state index in [4.69, 9.17) is 4.74 Å². The molecule has 0 radical (unpaired) electrons. The van der Waals surface area contributed by atoms with Gasteiger partial charge in [0.05, 0.1) is 18.8 Å². The van der Waals surface area contributed by atoms with E-state index in [-0.39, 0.29) is 18.6 Å². The van der Waals surface area contributed by atoms with Crippen molar-refractivity contribution in [2.75, 3.05) is 54.7 Å². The smallest absolute Gasteiger partial charge is 0.247 e. The van der Waals surface area contributed by atoms with E-state index in [2.05, 4.69) is 42.7 Å². The van der Waals surface area contributed by atoms with Crippen LogP contribution in [0.3, 0.4) is 0 Å². The minimum Gasteiger partial charge on any atom is -0.494 e. The molecule has 0 spiro atoms. The second-order valence-electron chi connectivity index (χ2n) is 8.45. The number of alkyl halides is 1. The first kappa shape index (κ1) is 24.9. The highest BCUT2D eigenvalue weighted by atomic mass is 19.1. The van der Waals surface area contributed by atoms with Gasteiger partial charge < -0.3 is 26.0 Å². The first-order valence-electron chi connectivity index (χ1n) is 11.6. The fourth-order valence-electron chi connectivity index (χ4n) is 3.84. The van der Waals surface area contributed by atoms with Crippen LogP contribution in [0.4, 0.5) is 38.9 Å². The minimum atomic E-state index is -0.320. The van der Waals surface area contributed by atoms with Gasteiger partial charge in [0, 0.05) is 54.5 Å². The standard InChI is InChI=1S/C26H30FN7O2/c1-4-24(35)30-18-6-5-7-19(12-18)31-25-17(2)14-28-26(33-25)32-22-9-8-20(13-23(22)36-3)29-21-15-34(16-21)11-10-27/h4-9,12-14,21,29H,1,10-11,15-16H2,2-3H3,(H,30,35)(H2,28,31,32,33). The molecule has 1 aliphatic heterocycles. The lowest BCUT2D eigenvalue weighted by molar-refractivity contribution is -0.111. The molecule has 4 rings (SSSR count). The molecule has 0 saturated carbocycles. The Labute approximate surface area is 209 Å². The van der Waals surface area contributed by atoms with Crippen LogP contribution in [0, 0.1) is 6.92 Å². The number of methoxy groups -OCH3 is 1. The van der Waals surface area contributed by atoms with Gasteiger partial charge in [-0.2, -0.15) is 4.98 Å². The summed E-state index contributed by atoms with van der Waals surface area (Å²) in [6.07, 6.45) is 2.95. The topological polar surface area (TPSA) is 103 Å². The predicted molar refractivity (Wildman–Crippen MR) is 141 cm³/mol. The highest BCUT2D eigenvalue weighted by Gasteiger charge is 2.26. The molecule has 4 N–H and O–H groups in total. The molecule has 1 aromatic heterocycles. The molecule has 3 aromatic rings. The molecule has 188 valence electrons. The number of nitrogens with one attached hydrogen (secondary N) is 4. The van der Waals surface area contributed by atoms with Crippen LogP contribution in [0.25, 0.3) is 0 Å². The third kappa shape index (κ3) is 6.28. The Bertz CT molecular complexity index is 1230. The lowest BCUT2D eigenvalue weighted by Gasteiger charge is -2.39. The fourth-order valence-corrected chi connectivity index (χ4v) is 3.84. The molecule has 0 aliphatic carbocycles. The van der Waals surface area contributed by atoms with Crippen molar-refractivity contribution in [2.45, 2.75) is 13.0 Å². The van der Waals surface area contributed by atoms with Crippen LogP contribution in [0.1, 0.15) is 5.56 Å². The third-order valence-corrected chi connectivity index (χ3v) is 5.73. The molecule has 0 atom stereocenters. The number of carbonyl (C=O) groups is 1. The molecule has 0 unspecified atom stereocenters. The molecule has 10 heteroatoms. The van der Waals surface area contributed by atoms with Gasteiger partial charge in [0.15, 0.2) is 0 Å². The van der Waals surface area contributed by atoms with Crippen molar-refractivity contribution in [3.63, 3.8) is 0 Å². The second-order valence-corrected chi connectivity index (χ2v) is 8.45. The second kappa shape index (κ2) is 11.5. The number of carbonyl (C=O) groups excluding carboxylic acids is 1. The van der Waals surface area contributed by atoms with Crippen molar-refractivity contribution in [3.8, 4) is 5.75 Å². The number of amides is 1. The van der Waals surface area contributed by atoms with Gasteiger partial charge in [-0.05, 0) is 43.3 Å². The molecule has 1 amide bonds. The quantitative estimate of drug-likeness (QED) is 0.291. The van der Waals surface area contributed by atoms with Gasteiger partial charge in [-0.3, -0.25) is 9.69 Å². The highest BCUT2D eigenvalue weighted by Crippen LogP contribution is 2.31. The van der Waals surface area contributed by atoms with E-state index >= 15 is 0 Å². The van der Waals surface area contributed by atoms with E-state index in [1.807, 2.05) is 43.3 Å². The van der Waals surface area contributed by atoms with E-state index in [0.29, 0.717) is 29.7 Å². The number of aryl methyl sites for hydroxylation is 1. The predicted octanol–water partition coefficient (Wildman–Crippen LogP) is 4.47. The molecule has 2 aromatic carbocycles. The Morgan fingerprint density at radius 1 is 1.19 bits per heavy atom. The Balaban J connectivity index is 1.44. The highest BCUT2D eigenvalue weighted by molar-refractivity contribution is 5.99. The minimum absolute atomic E-state index is 0.279. The number of anilines is 6. The average Bonchev–Trinajstić information content (AvgIpc) is 2.85. The average molecular weight is 492 g/mol. The lowest BCUT2D eigenvalue weighted by atomic mass is 10.1. The Kier molecular flexibility index (Phi) is 7.96. The van der Waals surface area contributed by atoms with E-state index in [1.54, 1.807) is 19.4 Å². The van der Waals surface area contributed by atoms with Gasteiger partial charge in [-0.15, -0.1) is 0 Å². The molecule has 2 heterocycles. The first-order chi connectivity index (χ1) is 17.5. The zero-order chi connectivity index (χ0) is 25.5. The Morgan fingerprint density at radius 3 is 2.75 bits per heavy atom. The van der Waals surface area contributed by atoms with Crippen LogP contribution in [0.2, 0.25) is 0 Å². The number of rotatable bonds is 11. The van der Waals surface area contributed by atoms with Crippen LogP contribution in [-0.4, -0.2) is 60.2 Å². The number of hydrogen-bond donors (Lipinski definition) is 4. The van der Waals surface area contributed by atoms with Crippen LogP contribution in [-0.2, 0) is 4.79 Å². The van der Waals surface area contributed by atoms with Gasteiger partial charge in [0.1, 0.15) is 18.2 Å². The SMILES string of the molecule is C=CC(=O)Nc1cccc(Nc2nc(Nc3ccc(NC4CN(CCF)C4)cc3OC)ncc2C)c1. The van der Waals surface area contributed by atoms with Crippen LogP contribution < -0.4 is 26.0 Å². The molecular formula is C26H30FN7O2. The maximum atomic E-state index is 12.4. The molecule has 0 bridgehead atoms. The van der Waals surface area contributed by atoms with E-state index in [0.717, 1.165) is 35.7 Å². The monoisotopic (exact) mass is 491 g/mol. The summed E-state index contributed by atoms with van der Waals surface area (Å²) in [5.41, 5.74) is 3.91. The summed E-state index contributed by atoms with van der Waals surface area (Å²) in [7, 11) is 1.61. The van der Waals surface area contributed by atoms with E-state index < -0.39 is 0 Å². The summed E-state index contributed by atoms with van der Waals surface area (Å²) in [6.45, 7) is 7.18. The largest absolute Gasteiger partial charge is 0.494 e. The van der Waals surface area contributed by atoms with E-state index in [1.165, 1.54) is 6.08 Å². The number of aromatic nitrogens is 2. The number of likely N-dealkylation sites (tertiary alicyclic amines) is 1. The van der Waals surface area contributed by atoms with Gasteiger partial charge in [-0.25, -0.2) is 9.37 Å². The van der Waals surface area contributed by atoms with Gasteiger partial charge in [0.25, 0.3) is 0 Å². The summed E-state index contributed by atoms with van der Waals surface area (Å²) in [5.74, 6) is 1.39. The Morgan fingerprint density at radius 2 is 2.00 bits per heavy atom. The molecule has 1 saturated heterocycles. The number of hydrogen-bond acceptors (Lipinski definition) is 8. The van der Waals surface area contributed by atoms with Gasteiger partial charge >= 0.3 is 0 Å². The summed E-state index contributed by atoms with van der Waals surface area (Å²) >= 11 is 0. The molecule has 1 fully saturated rings. The van der Waals surface area contributed by atoms with Gasteiger partial charge in [0.2, 0.25) is 11.9 Å². The summed E-state index contributed by atoms with van der Waals surface area (Å²) in [4.78, 5) is 22.7. The zero-order valence-corrected chi connectivity index (χ0v) is 20.3. The van der Waals surface area contributed by atoms with Gasteiger partial charge in [-0.1, -0.05) is 12.6 Å². The summed E-state index contributed by atoms with van der Waals surface area (Å²) < 4.78 is 18.0. The van der Waals surface area contributed by atoms with Crippen molar-refractivity contribution >= 4 is 40.4 Å². The first-order valence-corrected chi connectivity index (χ1v) is 11.6. The Hall–Kier alpha value is -4.18. The number of nitrogens with zero attached hydrogens (tertiary/aromatic N) is 3. The van der Waals surface area contributed by atoms with E-state index in [9.17, 15) is 9.18 Å². The third-order valence-electron chi connectivity index (χ3n) is 5.73. The summed E-state index contributed by atoms with van der Waals surface area (Å²) in [5, 5.41) is 12.7. The van der Waals surface area contributed by atoms with Crippen molar-refractivity contribution in [1.82, 2.24) is 14.9 Å². The van der Waals surface area contributed by atoms with Crippen molar-refractivity contribution in [1.29, 1.82) is 0 Å². The van der Waals surface area contributed by atoms with Crippen molar-refractivity contribution in [3.05, 3.63) is 66.9 Å². The van der Waals surface area contributed by atoms with Crippen LogP contribution in [0.15, 0.2) is 61.3 Å². The van der Waals surface area contributed by atoms with Crippen LogP contribution in [0.5, 0.6) is 5.75 Å². The molecular weight excluding hydrogens is 461 g/mol. The summed E-state index contributed by atoms with van der Waals surface area (Å²) in [6, 6.07) is 13.4. The maximum Gasteiger partial charge on any atom is 0.247 e. The van der Waals surface area contributed by atoms with Crippen molar-refractivity contribution in [2.24, 2.45) is 0 Å². The number of halogens is 1. The molecule has 9 nitrogen and oxygen atoms in total. The van der Waals surface area contributed by atoms with Crippen LogP contribution >= 0.6 is 0 Å².